The van der Waals surface area contributed by atoms with Gasteiger partial charge in [0.1, 0.15) is 0 Å². The molecule has 1 heterocycles. The first-order valence-electron chi connectivity index (χ1n) is 13.3. The first-order valence-corrected chi connectivity index (χ1v) is 13.3. The molecule has 0 bridgehead atoms. The second-order valence-electron chi connectivity index (χ2n) is 9.44. The van der Waals surface area contributed by atoms with Crippen molar-refractivity contribution < 1.29 is 0 Å². The van der Waals surface area contributed by atoms with Crippen LogP contribution in [-0.4, -0.2) is 12.4 Å². The van der Waals surface area contributed by atoms with E-state index in [9.17, 15) is 0 Å². The van der Waals surface area contributed by atoms with E-state index in [2.05, 4.69) is 54.2 Å². The highest BCUT2D eigenvalue weighted by molar-refractivity contribution is 6.18. The third kappa shape index (κ3) is 11.0. The molecule has 0 aliphatic carbocycles. The normalized spacial score (nSPS) is 15.0. The maximum Gasteiger partial charge on any atom is 0.244 e. The van der Waals surface area contributed by atoms with Crippen LogP contribution < -0.4 is 0 Å². The molecule has 2 atom stereocenters. The largest absolute Gasteiger partial charge is 0.244 e. The summed E-state index contributed by atoms with van der Waals surface area (Å²) in [5, 5.41) is 0. The zero-order chi connectivity index (χ0) is 22.0. The van der Waals surface area contributed by atoms with E-state index in [1.807, 2.05) is 12.4 Å². The lowest BCUT2D eigenvalue weighted by Gasteiger charge is -2.26. The summed E-state index contributed by atoms with van der Waals surface area (Å²) >= 11 is 0. The van der Waals surface area contributed by atoms with Gasteiger partial charge in [-0.2, -0.15) is 0 Å². The van der Waals surface area contributed by atoms with Gasteiger partial charge in [-0.15, -0.1) is 0 Å². The smallest absolute Gasteiger partial charge is 0.0965 e. The minimum Gasteiger partial charge on any atom is -0.0965 e. The molecule has 1 aromatic rings. The Morgan fingerprint density at radius 1 is 0.645 bits per heavy atom. The van der Waals surface area contributed by atoms with Crippen LogP contribution in [-0.2, 0) is 6.42 Å². The van der Waals surface area contributed by atoms with Crippen molar-refractivity contribution in [2.75, 3.05) is 0 Å². The Morgan fingerprint density at radius 2 is 1.16 bits per heavy atom. The van der Waals surface area contributed by atoms with Crippen molar-refractivity contribution in [2.24, 2.45) is 21.8 Å². The van der Waals surface area contributed by atoms with Crippen molar-refractivity contribution in [1.29, 1.82) is 0 Å². The molecule has 2 nitrogen and oxygen atoms in total. The van der Waals surface area contributed by atoms with Crippen LogP contribution in [0.4, 0.5) is 0 Å². The minimum absolute atomic E-state index is 0.501. The van der Waals surface area contributed by atoms with E-state index < -0.39 is 0 Å². The highest BCUT2D eigenvalue weighted by Gasteiger charge is 2.35. The summed E-state index contributed by atoms with van der Waals surface area (Å²) in [6.45, 7) is 4.59. The van der Waals surface area contributed by atoms with Crippen molar-refractivity contribution in [3.05, 3.63) is 42.1 Å². The van der Waals surface area contributed by atoms with Crippen LogP contribution in [0.25, 0.3) is 0 Å². The van der Waals surface area contributed by atoms with Crippen molar-refractivity contribution in [2.45, 2.75) is 117 Å². The summed E-state index contributed by atoms with van der Waals surface area (Å²) in [6.07, 6.45) is 26.4. The van der Waals surface area contributed by atoms with Gasteiger partial charge in [0.2, 0.25) is 6.17 Å². The molecule has 1 aliphatic heterocycles. The highest BCUT2D eigenvalue weighted by Crippen LogP contribution is 2.37. The topological polar surface area (TPSA) is 24.7 Å². The van der Waals surface area contributed by atoms with Crippen LogP contribution in [0.2, 0.25) is 0 Å². The van der Waals surface area contributed by atoms with E-state index in [4.69, 9.17) is 0 Å². The lowest BCUT2D eigenvalue weighted by molar-refractivity contribution is 0.284. The summed E-state index contributed by atoms with van der Waals surface area (Å²) in [6, 6.07) is 11.1. The molecular weight excluding hydrogens is 376 g/mol. The molecule has 2 unspecified atom stereocenters. The molecule has 2 rings (SSSR count). The van der Waals surface area contributed by atoms with Crippen molar-refractivity contribution >= 4 is 12.4 Å². The van der Waals surface area contributed by atoms with Gasteiger partial charge in [-0.25, -0.2) is 0 Å². The van der Waals surface area contributed by atoms with Crippen LogP contribution in [0.1, 0.15) is 116 Å². The Balaban J connectivity index is 1.90. The van der Waals surface area contributed by atoms with Crippen LogP contribution in [0.5, 0.6) is 0 Å². The highest BCUT2D eigenvalue weighted by atomic mass is 15.0. The molecule has 172 valence electrons. The van der Waals surface area contributed by atoms with Crippen molar-refractivity contribution in [1.82, 2.24) is 0 Å². The molecule has 2 heteroatoms. The number of aliphatic imine (C=N–C) groups is 2. The molecule has 0 N–H and O–H groups in total. The average molecular weight is 424 g/mol. The van der Waals surface area contributed by atoms with Crippen LogP contribution in [0.15, 0.2) is 40.3 Å². The van der Waals surface area contributed by atoms with E-state index in [0.29, 0.717) is 11.8 Å². The Morgan fingerprint density at radius 3 is 1.74 bits per heavy atom. The van der Waals surface area contributed by atoms with Gasteiger partial charge in [0.15, 0.2) is 12.4 Å². The number of hydrogen-bond donors (Lipinski definition) is 0. The standard InChI is InChI=1S/C29H47N2/c1-3-5-7-9-10-11-13-18-22-28(29-30-23-24-31-29)27(21-17-12-8-6-4-2)25-26-19-15-14-16-20-26/h14-16,19-20,23-24,27-28H,3-13,17-18,21-22,25H2,1-2H3/q+1. The molecule has 0 radical (unpaired) electrons. The first-order chi connectivity index (χ1) is 15.3. The van der Waals surface area contributed by atoms with E-state index >= 15 is 0 Å². The second kappa shape index (κ2) is 17.0. The zero-order valence-electron chi connectivity index (χ0n) is 20.4. The van der Waals surface area contributed by atoms with Crippen LogP contribution in [0.3, 0.4) is 0 Å². The molecule has 0 amide bonds. The Bertz CT molecular complexity index is 580. The summed E-state index contributed by atoms with van der Waals surface area (Å²) in [5.41, 5.74) is 1.47. The Labute approximate surface area is 193 Å². The predicted molar refractivity (Wildman–Crippen MR) is 138 cm³/mol. The lowest BCUT2D eigenvalue weighted by Crippen LogP contribution is -2.22. The van der Waals surface area contributed by atoms with E-state index in [1.54, 1.807) is 0 Å². The first kappa shape index (κ1) is 25.7. The van der Waals surface area contributed by atoms with Gasteiger partial charge < -0.3 is 0 Å². The second-order valence-corrected chi connectivity index (χ2v) is 9.44. The number of benzene rings is 1. The number of rotatable bonds is 19. The molecule has 0 saturated carbocycles. The maximum atomic E-state index is 4.67. The molecule has 1 aromatic carbocycles. The molecule has 0 saturated heterocycles. The fraction of sp³-hybridized carbons (Fsp3) is 0.690. The molecular formula is C29H47N2+. The number of hydrogen-bond acceptors (Lipinski definition) is 2. The van der Waals surface area contributed by atoms with Crippen LogP contribution in [0, 0.1) is 18.0 Å². The maximum absolute atomic E-state index is 4.67. The third-order valence-corrected chi connectivity index (χ3v) is 6.77. The molecule has 31 heavy (non-hydrogen) atoms. The summed E-state index contributed by atoms with van der Waals surface area (Å²) in [7, 11) is 0. The summed E-state index contributed by atoms with van der Waals surface area (Å²) < 4.78 is 0. The fourth-order valence-electron chi connectivity index (χ4n) is 4.89. The molecule has 0 spiro atoms. The van der Waals surface area contributed by atoms with Gasteiger partial charge in [0.25, 0.3) is 0 Å². The van der Waals surface area contributed by atoms with Gasteiger partial charge >= 0.3 is 0 Å². The third-order valence-electron chi connectivity index (χ3n) is 6.77. The molecule has 0 aromatic heterocycles. The van der Waals surface area contributed by atoms with E-state index in [1.165, 1.54) is 102 Å². The number of unbranched alkanes of at least 4 members (excludes halogenated alkanes) is 11. The average Bonchev–Trinajstić information content (AvgIpc) is 3.33. The molecule has 1 aliphatic rings. The lowest BCUT2D eigenvalue weighted by atomic mass is 9.78. The van der Waals surface area contributed by atoms with E-state index in [-0.39, 0.29) is 0 Å². The van der Waals surface area contributed by atoms with Crippen molar-refractivity contribution in [3.63, 3.8) is 0 Å². The quantitative estimate of drug-likeness (QED) is 0.157. The minimum atomic E-state index is 0.501. The number of nitrogens with zero attached hydrogens (tertiary/aromatic N) is 2. The monoisotopic (exact) mass is 423 g/mol. The Hall–Kier alpha value is -1.57. The van der Waals surface area contributed by atoms with Crippen LogP contribution >= 0.6 is 0 Å². The van der Waals surface area contributed by atoms with Gasteiger partial charge in [-0.05, 0) is 30.7 Å². The zero-order valence-corrected chi connectivity index (χ0v) is 20.4. The van der Waals surface area contributed by atoms with E-state index in [0.717, 1.165) is 12.6 Å². The van der Waals surface area contributed by atoms with Gasteiger partial charge in [0.05, 0.1) is 5.92 Å². The van der Waals surface area contributed by atoms with Gasteiger partial charge in [-0.1, -0.05) is 138 Å². The summed E-state index contributed by atoms with van der Waals surface area (Å²) in [4.78, 5) is 9.35. The predicted octanol–water partition coefficient (Wildman–Crippen LogP) is 9.00. The summed E-state index contributed by atoms with van der Waals surface area (Å²) in [5.74, 6) is 1.15. The fourth-order valence-corrected chi connectivity index (χ4v) is 4.89. The SMILES string of the molecule is CCCCCCCCCCC([C+]1N=CC=N1)C(CCCCCCC)Cc1ccccc1. The van der Waals surface area contributed by atoms with Crippen molar-refractivity contribution in [3.8, 4) is 0 Å². The Kier molecular flexibility index (Phi) is 14.1. The van der Waals surface area contributed by atoms with Gasteiger partial charge in [0, 0.05) is 0 Å². The molecule has 0 fully saturated rings. The van der Waals surface area contributed by atoms with Gasteiger partial charge in [-0.3, -0.25) is 0 Å².